The van der Waals surface area contributed by atoms with Gasteiger partial charge in [0.05, 0.1) is 0 Å². The minimum Gasteiger partial charge on any atom is -0.307 e. The van der Waals surface area contributed by atoms with Crippen LogP contribution in [0.1, 0.15) is 44.7 Å². The molecule has 3 atom stereocenters. The molecule has 0 aliphatic heterocycles. The maximum atomic E-state index is 3.72. The van der Waals surface area contributed by atoms with Crippen LogP contribution in [0.4, 0.5) is 0 Å². The summed E-state index contributed by atoms with van der Waals surface area (Å²) in [6.07, 6.45) is 4.03. The highest BCUT2D eigenvalue weighted by atomic mass is 79.9. The van der Waals surface area contributed by atoms with E-state index in [1.807, 2.05) is 0 Å². The van der Waals surface area contributed by atoms with Gasteiger partial charge in [-0.3, -0.25) is 0 Å². The summed E-state index contributed by atoms with van der Waals surface area (Å²) in [6, 6.07) is 7.56. The van der Waals surface area contributed by atoms with Crippen LogP contribution in [0, 0.1) is 5.92 Å². The van der Waals surface area contributed by atoms with Gasteiger partial charge in [-0.25, -0.2) is 0 Å². The van der Waals surface area contributed by atoms with E-state index in [4.69, 9.17) is 0 Å². The molecule has 0 bridgehead atoms. The van der Waals surface area contributed by atoms with Crippen LogP contribution in [0.5, 0.6) is 0 Å². The van der Waals surface area contributed by atoms with E-state index in [9.17, 15) is 0 Å². The first-order valence-corrected chi connectivity index (χ1v) is 7.91. The maximum absolute atomic E-state index is 3.72. The summed E-state index contributed by atoms with van der Waals surface area (Å²) in [5.41, 5.74) is 1.34. The lowest BCUT2D eigenvalue weighted by atomic mass is 10.1. The number of hydrogen-bond acceptors (Lipinski definition) is 1. The molecule has 2 rings (SSSR count). The van der Waals surface area contributed by atoms with Crippen LogP contribution in [0.25, 0.3) is 0 Å². The lowest BCUT2D eigenvalue weighted by Crippen LogP contribution is -2.22. The maximum Gasteiger partial charge on any atom is 0.0305 e. The minimum absolute atomic E-state index is 0.421. The zero-order valence-electron chi connectivity index (χ0n) is 10.3. The largest absolute Gasteiger partial charge is 0.307 e. The molecule has 1 aliphatic carbocycles. The van der Waals surface area contributed by atoms with Crippen LogP contribution in [-0.4, -0.2) is 6.04 Å². The smallest absolute Gasteiger partial charge is 0.0305 e. The molecular formula is C14H19Br2N. The number of rotatable bonds is 5. The highest BCUT2D eigenvalue weighted by Gasteiger charge is 2.36. The zero-order valence-corrected chi connectivity index (χ0v) is 13.5. The number of halogens is 2. The molecular weight excluding hydrogens is 342 g/mol. The topological polar surface area (TPSA) is 12.0 Å². The van der Waals surface area contributed by atoms with Crippen molar-refractivity contribution in [2.75, 3.05) is 0 Å². The van der Waals surface area contributed by atoms with E-state index < -0.39 is 0 Å². The highest BCUT2D eigenvalue weighted by Crippen LogP contribution is 2.37. The average molecular weight is 361 g/mol. The Labute approximate surface area is 121 Å². The van der Waals surface area contributed by atoms with Gasteiger partial charge >= 0.3 is 0 Å². The van der Waals surface area contributed by atoms with Crippen LogP contribution in [-0.2, 0) is 0 Å². The number of nitrogens with one attached hydrogen (secondary N) is 1. The van der Waals surface area contributed by atoms with Gasteiger partial charge in [0.1, 0.15) is 0 Å². The third-order valence-electron chi connectivity index (χ3n) is 3.48. The molecule has 0 aromatic heterocycles. The minimum atomic E-state index is 0.421. The highest BCUT2D eigenvalue weighted by molar-refractivity contribution is 9.11. The second-order valence-corrected chi connectivity index (χ2v) is 6.72. The molecule has 94 valence electrons. The van der Waals surface area contributed by atoms with E-state index >= 15 is 0 Å². The molecule has 0 heterocycles. The van der Waals surface area contributed by atoms with Crippen molar-refractivity contribution in [2.24, 2.45) is 5.92 Å². The van der Waals surface area contributed by atoms with Gasteiger partial charge in [-0.2, -0.15) is 0 Å². The molecule has 17 heavy (non-hydrogen) atoms. The van der Waals surface area contributed by atoms with E-state index in [-0.39, 0.29) is 0 Å². The van der Waals surface area contributed by atoms with Gasteiger partial charge in [0.15, 0.2) is 0 Å². The summed E-state index contributed by atoms with van der Waals surface area (Å²) in [4.78, 5) is 0. The summed E-state index contributed by atoms with van der Waals surface area (Å²) in [6.45, 7) is 4.51. The SMILES string of the molecule is CCCC1CC1NC(C)c1ccc(Br)cc1Br. The lowest BCUT2D eigenvalue weighted by Gasteiger charge is -2.16. The molecule has 0 amide bonds. The predicted molar refractivity (Wildman–Crippen MR) is 80.2 cm³/mol. The molecule has 1 aromatic rings. The Morgan fingerprint density at radius 1 is 1.41 bits per heavy atom. The van der Waals surface area contributed by atoms with Crippen molar-refractivity contribution in [1.29, 1.82) is 0 Å². The predicted octanol–water partition coefficient (Wildman–Crippen LogP) is 5.05. The normalized spacial score (nSPS) is 24.7. The van der Waals surface area contributed by atoms with Crippen LogP contribution in [0.15, 0.2) is 27.1 Å². The fourth-order valence-corrected chi connectivity index (χ4v) is 3.80. The van der Waals surface area contributed by atoms with Gasteiger partial charge in [-0.15, -0.1) is 0 Å². The third-order valence-corrected chi connectivity index (χ3v) is 4.66. The summed E-state index contributed by atoms with van der Waals surface area (Å²) in [5, 5.41) is 3.72. The molecule has 1 aliphatic rings. The zero-order chi connectivity index (χ0) is 12.4. The standard InChI is InChI=1S/C14H19Br2N/c1-3-4-10-7-14(10)17-9(2)12-6-5-11(15)8-13(12)16/h5-6,8-10,14,17H,3-4,7H2,1-2H3. The Kier molecular flexibility index (Phi) is 4.67. The molecule has 1 fully saturated rings. The van der Waals surface area contributed by atoms with Gasteiger partial charge in [0.25, 0.3) is 0 Å². The van der Waals surface area contributed by atoms with Crippen molar-refractivity contribution in [3.8, 4) is 0 Å². The van der Waals surface area contributed by atoms with Gasteiger partial charge in [0.2, 0.25) is 0 Å². The molecule has 1 nitrogen and oxygen atoms in total. The molecule has 3 unspecified atom stereocenters. The summed E-state index contributed by atoms with van der Waals surface area (Å²) >= 11 is 7.12. The first-order chi connectivity index (χ1) is 8.11. The van der Waals surface area contributed by atoms with Crippen molar-refractivity contribution >= 4 is 31.9 Å². The Morgan fingerprint density at radius 2 is 2.18 bits per heavy atom. The molecule has 0 radical (unpaired) electrons. The fourth-order valence-electron chi connectivity index (χ4n) is 2.41. The first kappa shape index (κ1) is 13.6. The molecule has 1 aromatic carbocycles. The van der Waals surface area contributed by atoms with Gasteiger partial charge in [0, 0.05) is 21.0 Å². The van der Waals surface area contributed by atoms with Gasteiger partial charge < -0.3 is 5.32 Å². The van der Waals surface area contributed by atoms with Crippen molar-refractivity contribution in [1.82, 2.24) is 5.32 Å². The second kappa shape index (κ2) is 5.85. The Balaban J connectivity index is 1.94. The Hall–Kier alpha value is 0.140. The van der Waals surface area contributed by atoms with E-state index in [1.165, 1.54) is 29.3 Å². The Morgan fingerprint density at radius 3 is 2.82 bits per heavy atom. The van der Waals surface area contributed by atoms with Crippen LogP contribution >= 0.6 is 31.9 Å². The van der Waals surface area contributed by atoms with Crippen LogP contribution < -0.4 is 5.32 Å². The summed E-state index contributed by atoms with van der Waals surface area (Å²) in [5.74, 6) is 0.914. The van der Waals surface area contributed by atoms with Crippen molar-refractivity contribution in [3.63, 3.8) is 0 Å². The van der Waals surface area contributed by atoms with E-state index in [1.54, 1.807) is 0 Å². The molecule has 3 heteroatoms. The monoisotopic (exact) mass is 359 g/mol. The van der Waals surface area contributed by atoms with Crippen molar-refractivity contribution in [3.05, 3.63) is 32.7 Å². The third kappa shape index (κ3) is 3.55. The number of benzene rings is 1. The Bertz CT molecular complexity index is 392. The van der Waals surface area contributed by atoms with Gasteiger partial charge in [-0.1, -0.05) is 51.3 Å². The molecule has 0 saturated heterocycles. The van der Waals surface area contributed by atoms with Crippen LogP contribution in [0.2, 0.25) is 0 Å². The van der Waals surface area contributed by atoms with Crippen LogP contribution in [0.3, 0.4) is 0 Å². The number of hydrogen-bond donors (Lipinski definition) is 1. The average Bonchev–Trinajstić information content (AvgIpc) is 2.96. The summed E-state index contributed by atoms with van der Waals surface area (Å²) < 4.78 is 2.30. The van der Waals surface area contributed by atoms with Crippen molar-refractivity contribution in [2.45, 2.75) is 45.2 Å². The molecule has 1 saturated carbocycles. The van der Waals surface area contributed by atoms with E-state index in [0.29, 0.717) is 6.04 Å². The van der Waals surface area contributed by atoms with E-state index in [0.717, 1.165) is 16.4 Å². The first-order valence-electron chi connectivity index (χ1n) is 6.32. The molecule has 0 spiro atoms. The fraction of sp³-hybridized carbons (Fsp3) is 0.571. The van der Waals surface area contributed by atoms with Crippen molar-refractivity contribution < 1.29 is 0 Å². The summed E-state index contributed by atoms with van der Waals surface area (Å²) in [7, 11) is 0. The van der Waals surface area contributed by atoms with Gasteiger partial charge in [-0.05, 0) is 43.4 Å². The quantitative estimate of drug-likeness (QED) is 0.774. The lowest BCUT2D eigenvalue weighted by molar-refractivity contribution is 0.529. The van der Waals surface area contributed by atoms with E-state index in [2.05, 4.69) is 69.2 Å². The molecule has 1 N–H and O–H groups in total. The second-order valence-electron chi connectivity index (χ2n) is 4.95.